The van der Waals surface area contributed by atoms with E-state index in [4.69, 9.17) is 10.4 Å². The highest BCUT2D eigenvalue weighted by atomic mass is 16.3. The number of carbonyl (C=O) groups is 1. The summed E-state index contributed by atoms with van der Waals surface area (Å²) in [5.74, 6) is -0.132. The summed E-state index contributed by atoms with van der Waals surface area (Å²) in [4.78, 5) is 13.5. The summed E-state index contributed by atoms with van der Waals surface area (Å²) < 4.78 is 0. The molecule has 1 fully saturated rings. The van der Waals surface area contributed by atoms with Crippen LogP contribution in [0.4, 0.5) is 5.69 Å². The third-order valence-corrected chi connectivity index (χ3v) is 2.58. The molecule has 1 amide bonds. The first-order valence-electron chi connectivity index (χ1n) is 5.38. The molecule has 1 aliphatic rings. The lowest BCUT2D eigenvalue weighted by molar-refractivity contribution is -0.119. The fourth-order valence-electron chi connectivity index (χ4n) is 1.74. The zero-order valence-electron chi connectivity index (χ0n) is 9.26. The van der Waals surface area contributed by atoms with Gasteiger partial charge in [0.25, 0.3) is 0 Å². The number of hydrogen-bond donors (Lipinski definition) is 2. The number of hydrogen-bond acceptors (Lipinski definition) is 4. The van der Waals surface area contributed by atoms with Gasteiger partial charge in [-0.2, -0.15) is 5.26 Å². The van der Waals surface area contributed by atoms with Gasteiger partial charge in [0.1, 0.15) is 0 Å². The number of nitrogens with zero attached hydrogens (tertiary/aromatic N) is 2. The van der Waals surface area contributed by atoms with Gasteiger partial charge in [-0.05, 0) is 18.2 Å². The largest absolute Gasteiger partial charge is 0.390 e. The molecule has 0 bridgehead atoms. The smallest absolute Gasteiger partial charge is 0.238 e. The van der Waals surface area contributed by atoms with Crippen molar-refractivity contribution in [2.45, 2.75) is 6.10 Å². The van der Waals surface area contributed by atoms with E-state index in [9.17, 15) is 4.79 Å². The zero-order chi connectivity index (χ0) is 12.3. The maximum atomic E-state index is 11.6. The fraction of sp³-hybridized carbons (Fsp3) is 0.333. The number of anilines is 1. The number of carbonyl (C=O) groups excluding carboxylic acids is 1. The van der Waals surface area contributed by atoms with Crippen molar-refractivity contribution < 1.29 is 9.90 Å². The van der Waals surface area contributed by atoms with Gasteiger partial charge in [0, 0.05) is 18.8 Å². The van der Waals surface area contributed by atoms with E-state index in [-0.39, 0.29) is 18.6 Å². The molecule has 17 heavy (non-hydrogen) atoms. The van der Waals surface area contributed by atoms with Crippen LogP contribution in [0.15, 0.2) is 24.3 Å². The molecule has 1 aromatic rings. The Morgan fingerprint density at radius 3 is 3.00 bits per heavy atom. The van der Waals surface area contributed by atoms with E-state index in [1.54, 1.807) is 24.3 Å². The van der Waals surface area contributed by atoms with Crippen LogP contribution in [0.3, 0.4) is 0 Å². The lowest BCUT2D eigenvalue weighted by Gasteiger charge is -2.34. The van der Waals surface area contributed by atoms with Crippen molar-refractivity contribution in [1.29, 1.82) is 5.26 Å². The van der Waals surface area contributed by atoms with Crippen LogP contribution in [0, 0.1) is 11.3 Å². The van der Waals surface area contributed by atoms with E-state index in [1.807, 2.05) is 11.0 Å². The van der Waals surface area contributed by atoms with Crippen molar-refractivity contribution in [2.24, 2.45) is 0 Å². The minimum Gasteiger partial charge on any atom is -0.390 e. The quantitative estimate of drug-likeness (QED) is 0.777. The SMILES string of the molecule is N#Cc1cccc(NC(=O)CN2CC(O)C2)c1. The van der Waals surface area contributed by atoms with Gasteiger partial charge in [-0.3, -0.25) is 9.69 Å². The van der Waals surface area contributed by atoms with E-state index < -0.39 is 0 Å². The average Bonchev–Trinajstić information content (AvgIpc) is 2.27. The fourth-order valence-corrected chi connectivity index (χ4v) is 1.74. The van der Waals surface area contributed by atoms with Crippen LogP contribution in [0.5, 0.6) is 0 Å². The van der Waals surface area contributed by atoms with Gasteiger partial charge in [0.2, 0.25) is 5.91 Å². The molecular formula is C12H13N3O2. The third-order valence-electron chi connectivity index (χ3n) is 2.58. The normalized spacial score (nSPS) is 16.0. The lowest BCUT2D eigenvalue weighted by atomic mass is 10.2. The number of β-amino-alcohol motifs (C(OH)–C–C–N with tert-alkyl or cyclic N) is 1. The number of nitriles is 1. The van der Waals surface area contributed by atoms with Crippen LogP contribution in [0.1, 0.15) is 5.56 Å². The number of aliphatic hydroxyl groups is 1. The monoisotopic (exact) mass is 231 g/mol. The Morgan fingerprint density at radius 1 is 1.59 bits per heavy atom. The Balaban J connectivity index is 1.87. The molecule has 0 aromatic heterocycles. The molecule has 2 N–H and O–H groups in total. The molecule has 5 nitrogen and oxygen atoms in total. The molecular weight excluding hydrogens is 218 g/mol. The summed E-state index contributed by atoms with van der Waals surface area (Å²) in [6, 6.07) is 8.79. The van der Waals surface area contributed by atoms with E-state index in [0.717, 1.165) is 0 Å². The number of likely N-dealkylation sites (tertiary alicyclic amines) is 1. The first-order valence-corrected chi connectivity index (χ1v) is 5.38. The Kier molecular flexibility index (Phi) is 3.38. The average molecular weight is 231 g/mol. The third kappa shape index (κ3) is 3.03. The van der Waals surface area contributed by atoms with Gasteiger partial charge in [-0.1, -0.05) is 6.07 Å². The molecule has 0 radical (unpaired) electrons. The van der Waals surface area contributed by atoms with Crippen molar-refractivity contribution >= 4 is 11.6 Å². The van der Waals surface area contributed by atoms with E-state index in [0.29, 0.717) is 24.3 Å². The summed E-state index contributed by atoms with van der Waals surface area (Å²) >= 11 is 0. The van der Waals surface area contributed by atoms with Crippen LogP contribution in [0.2, 0.25) is 0 Å². The molecule has 1 aliphatic heterocycles. The van der Waals surface area contributed by atoms with Crippen molar-refractivity contribution in [3.05, 3.63) is 29.8 Å². The lowest BCUT2D eigenvalue weighted by Crippen LogP contribution is -2.53. The van der Waals surface area contributed by atoms with Gasteiger partial charge in [-0.25, -0.2) is 0 Å². The van der Waals surface area contributed by atoms with Crippen LogP contribution in [0.25, 0.3) is 0 Å². The standard InChI is InChI=1S/C12H13N3O2/c13-5-9-2-1-3-10(4-9)14-12(17)8-15-6-11(16)7-15/h1-4,11,16H,6-8H2,(H,14,17). The van der Waals surface area contributed by atoms with Gasteiger partial charge in [0.05, 0.1) is 24.3 Å². The number of amides is 1. The van der Waals surface area contributed by atoms with Crippen molar-refractivity contribution in [1.82, 2.24) is 4.90 Å². The highest BCUT2D eigenvalue weighted by molar-refractivity contribution is 5.92. The molecule has 0 aliphatic carbocycles. The maximum absolute atomic E-state index is 11.6. The number of nitrogens with one attached hydrogen (secondary N) is 1. The van der Waals surface area contributed by atoms with E-state index in [1.165, 1.54) is 0 Å². The number of rotatable bonds is 3. The summed E-state index contributed by atoms with van der Waals surface area (Å²) in [5, 5.41) is 20.5. The number of benzene rings is 1. The van der Waals surface area contributed by atoms with Crippen LogP contribution >= 0.6 is 0 Å². The summed E-state index contributed by atoms with van der Waals surface area (Å²) in [6.07, 6.45) is -0.301. The first-order chi connectivity index (χ1) is 8.17. The predicted octanol–water partition coefficient (Wildman–Crippen LogP) is 0.173. The highest BCUT2D eigenvalue weighted by Crippen LogP contribution is 2.11. The topological polar surface area (TPSA) is 76.4 Å². The minimum atomic E-state index is -0.301. The predicted molar refractivity (Wildman–Crippen MR) is 62.2 cm³/mol. The van der Waals surface area contributed by atoms with Crippen LogP contribution in [-0.2, 0) is 4.79 Å². The van der Waals surface area contributed by atoms with Crippen LogP contribution < -0.4 is 5.32 Å². The molecule has 0 unspecified atom stereocenters. The summed E-state index contributed by atoms with van der Waals surface area (Å²) in [7, 11) is 0. The van der Waals surface area contributed by atoms with E-state index >= 15 is 0 Å². The first kappa shape index (κ1) is 11.6. The summed E-state index contributed by atoms with van der Waals surface area (Å²) in [5.41, 5.74) is 1.14. The molecule has 2 rings (SSSR count). The van der Waals surface area contributed by atoms with Gasteiger partial charge < -0.3 is 10.4 Å². The molecule has 1 saturated heterocycles. The van der Waals surface area contributed by atoms with Crippen molar-refractivity contribution in [3.8, 4) is 6.07 Å². The Labute approximate surface area is 99.3 Å². The van der Waals surface area contributed by atoms with Gasteiger partial charge in [0.15, 0.2) is 0 Å². The second kappa shape index (κ2) is 4.95. The molecule has 0 atom stereocenters. The second-order valence-corrected chi connectivity index (χ2v) is 4.09. The highest BCUT2D eigenvalue weighted by Gasteiger charge is 2.25. The Hall–Kier alpha value is -1.90. The summed E-state index contributed by atoms with van der Waals surface area (Å²) in [6.45, 7) is 1.37. The Bertz CT molecular complexity index is 461. The van der Waals surface area contributed by atoms with Gasteiger partial charge >= 0.3 is 0 Å². The molecule has 0 spiro atoms. The zero-order valence-corrected chi connectivity index (χ0v) is 9.26. The molecule has 5 heteroatoms. The van der Waals surface area contributed by atoms with Crippen molar-refractivity contribution in [2.75, 3.05) is 25.0 Å². The van der Waals surface area contributed by atoms with Crippen molar-refractivity contribution in [3.63, 3.8) is 0 Å². The molecule has 0 saturated carbocycles. The second-order valence-electron chi connectivity index (χ2n) is 4.09. The van der Waals surface area contributed by atoms with Crippen LogP contribution in [-0.4, -0.2) is 41.7 Å². The molecule has 1 aromatic carbocycles. The molecule has 88 valence electrons. The molecule has 1 heterocycles. The number of aliphatic hydroxyl groups excluding tert-OH is 1. The maximum Gasteiger partial charge on any atom is 0.238 e. The Morgan fingerprint density at radius 2 is 2.35 bits per heavy atom. The minimum absolute atomic E-state index is 0.132. The van der Waals surface area contributed by atoms with Gasteiger partial charge in [-0.15, -0.1) is 0 Å². The van der Waals surface area contributed by atoms with E-state index in [2.05, 4.69) is 5.32 Å².